The number of carbonyl (C=O) groups excluding carboxylic acids is 1. The zero-order valence-electron chi connectivity index (χ0n) is 10.7. The molecule has 1 atom stereocenters. The van der Waals surface area contributed by atoms with Crippen molar-refractivity contribution >= 4 is 29.2 Å². The van der Waals surface area contributed by atoms with Crippen molar-refractivity contribution in [2.24, 2.45) is 5.41 Å². The van der Waals surface area contributed by atoms with Crippen molar-refractivity contribution in [3.63, 3.8) is 0 Å². The van der Waals surface area contributed by atoms with Gasteiger partial charge < -0.3 is 4.74 Å². The standard InChI is InChI=1S/C14H16Cl2O2/c1-9-4-10(2)6-11(5-9)7-18-12(17)13(3)8-14(13,15)16/h4-6H,7-8H2,1-3H3. The van der Waals surface area contributed by atoms with Gasteiger partial charge in [-0.3, -0.25) is 4.79 Å². The van der Waals surface area contributed by atoms with E-state index in [1.165, 1.54) is 0 Å². The molecule has 18 heavy (non-hydrogen) atoms. The number of ether oxygens (including phenoxy) is 1. The molecule has 2 nitrogen and oxygen atoms in total. The zero-order chi connectivity index (χ0) is 13.6. The highest BCUT2D eigenvalue weighted by atomic mass is 35.5. The molecule has 0 amide bonds. The first-order valence-corrected chi connectivity index (χ1v) is 6.62. The van der Waals surface area contributed by atoms with Gasteiger partial charge in [-0.25, -0.2) is 0 Å². The summed E-state index contributed by atoms with van der Waals surface area (Å²) < 4.78 is 4.33. The van der Waals surface area contributed by atoms with Gasteiger partial charge in [-0.15, -0.1) is 23.2 Å². The molecule has 0 bridgehead atoms. The van der Waals surface area contributed by atoms with E-state index in [-0.39, 0.29) is 12.6 Å². The van der Waals surface area contributed by atoms with Crippen molar-refractivity contribution < 1.29 is 9.53 Å². The van der Waals surface area contributed by atoms with Crippen LogP contribution in [0.15, 0.2) is 18.2 Å². The smallest absolute Gasteiger partial charge is 0.315 e. The van der Waals surface area contributed by atoms with Crippen molar-refractivity contribution in [1.29, 1.82) is 0 Å². The van der Waals surface area contributed by atoms with Crippen LogP contribution in [0.1, 0.15) is 30.0 Å². The molecule has 2 rings (SSSR count). The van der Waals surface area contributed by atoms with Gasteiger partial charge in [0.1, 0.15) is 16.4 Å². The highest BCUT2D eigenvalue weighted by Gasteiger charge is 2.69. The maximum Gasteiger partial charge on any atom is 0.315 e. The number of rotatable bonds is 3. The second-order valence-electron chi connectivity index (χ2n) is 5.29. The topological polar surface area (TPSA) is 26.3 Å². The summed E-state index contributed by atoms with van der Waals surface area (Å²) in [6, 6.07) is 6.09. The Morgan fingerprint density at radius 2 is 1.78 bits per heavy atom. The lowest BCUT2D eigenvalue weighted by Crippen LogP contribution is -2.21. The fourth-order valence-corrected chi connectivity index (χ4v) is 2.77. The third-order valence-electron chi connectivity index (χ3n) is 3.36. The van der Waals surface area contributed by atoms with Crippen molar-refractivity contribution in [2.45, 2.75) is 38.1 Å². The first-order chi connectivity index (χ1) is 8.24. The molecule has 1 unspecified atom stereocenters. The summed E-state index contributed by atoms with van der Waals surface area (Å²) in [5.74, 6) is -0.327. The third-order valence-corrected chi connectivity index (χ3v) is 4.46. The van der Waals surface area contributed by atoms with Crippen LogP contribution in [0.4, 0.5) is 0 Å². The van der Waals surface area contributed by atoms with Crippen LogP contribution < -0.4 is 0 Å². The second-order valence-corrected chi connectivity index (χ2v) is 6.77. The van der Waals surface area contributed by atoms with Gasteiger partial charge in [0.2, 0.25) is 0 Å². The summed E-state index contributed by atoms with van der Waals surface area (Å²) in [6.45, 7) is 6.03. The van der Waals surface area contributed by atoms with Gasteiger partial charge in [0.05, 0.1) is 0 Å². The number of carbonyl (C=O) groups is 1. The Kier molecular flexibility index (Phi) is 3.37. The fourth-order valence-electron chi connectivity index (χ4n) is 2.08. The molecule has 0 aliphatic heterocycles. The number of benzene rings is 1. The summed E-state index contributed by atoms with van der Waals surface area (Å²) in [5, 5.41) is 0. The Morgan fingerprint density at radius 1 is 1.28 bits per heavy atom. The molecule has 0 N–H and O–H groups in total. The Bertz CT molecular complexity index is 476. The molecular formula is C14H16Cl2O2. The SMILES string of the molecule is Cc1cc(C)cc(COC(=O)C2(C)CC2(Cl)Cl)c1. The molecule has 0 aromatic heterocycles. The average Bonchev–Trinajstić information content (AvgIpc) is 2.75. The molecule has 4 heteroatoms. The molecule has 1 fully saturated rings. The summed E-state index contributed by atoms with van der Waals surface area (Å²) in [6.07, 6.45) is 0.453. The van der Waals surface area contributed by atoms with Gasteiger partial charge >= 0.3 is 5.97 Å². The highest BCUT2D eigenvalue weighted by Crippen LogP contribution is 2.64. The molecule has 0 saturated heterocycles. The molecule has 1 aromatic rings. The summed E-state index contributed by atoms with van der Waals surface area (Å²) >= 11 is 11.9. The fraction of sp³-hybridized carbons (Fsp3) is 0.500. The Balaban J connectivity index is 1.98. The Morgan fingerprint density at radius 3 is 2.22 bits per heavy atom. The van der Waals surface area contributed by atoms with E-state index < -0.39 is 9.75 Å². The molecule has 98 valence electrons. The highest BCUT2D eigenvalue weighted by molar-refractivity contribution is 6.53. The maximum absolute atomic E-state index is 11.9. The van der Waals surface area contributed by atoms with Gasteiger partial charge in [-0.2, -0.15) is 0 Å². The monoisotopic (exact) mass is 286 g/mol. The van der Waals surface area contributed by atoms with Crippen LogP contribution in [0.25, 0.3) is 0 Å². The van der Waals surface area contributed by atoms with Crippen LogP contribution in [0, 0.1) is 19.3 Å². The van der Waals surface area contributed by atoms with E-state index in [1.807, 2.05) is 26.0 Å². The minimum atomic E-state index is -0.966. The van der Waals surface area contributed by atoms with E-state index in [4.69, 9.17) is 27.9 Å². The van der Waals surface area contributed by atoms with Gasteiger partial charge in [-0.05, 0) is 26.3 Å². The summed E-state index contributed by atoms with van der Waals surface area (Å²) in [5.41, 5.74) is 2.54. The second kappa shape index (κ2) is 4.43. The number of hydrogen-bond donors (Lipinski definition) is 0. The largest absolute Gasteiger partial charge is 0.460 e. The lowest BCUT2D eigenvalue weighted by molar-refractivity contribution is -0.150. The first-order valence-electron chi connectivity index (χ1n) is 5.87. The lowest BCUT2D eigenvalue weighted by atomic mass is 10.1. The zero-order valence-corrected chi connectivity index (χ0v) is 12.2. The molecular weight excluding hydrogens is 271 g/mol. The van der Waals surface area contributed by atoms with Crippen LogP contribution in [0.5, 0.6) is 0 Å². The lowest BCUT2D eigenvalue weighted by Gasteiger charge is -2.12. The molecule has 0 radical (unpaired) electrons. The van der Waals surface area contributed by atoms with Crippen molar-refractivity contribution in [3.05, 3.63) is 34.9 Å². The molecule has 1 saturated carbocycles. The van der Waals surface area contributed by atoms with Crippen LogP contribution in [-0.4, -0.2) is 10.3 Å². The average molecular weight is 287 g/mol. The van der Waals surface area contributed by atoms with E-state index >= 15 is 0 Å². The minimum absolute atomic E-state index is 0.265. The Hall–Kier alpha value is -0.730. The van der Waals surface area contributed by atoms with Gasteiger partial charge in [0.15, 0.2) is 0 Å². The van der Waals surface area contributed by atoms with Crippen LogP contribution in [0.3, 0.4) is 0 Å². The predicted molar refractivity (Wildman–Crippen MR) is 72.9 cm³/mol. The number of halogens is 2. The van der Waals surface area contributed by atoms with Crippen molar-refractivity contribution in [3.8, 4) is 0 Å². The quantitative estimate of drug-likeness (QED) is 0.622. The van der Waals surface area contributed by atoms with E-state index in [0.717, 1.165) is 16.7 Å². The van der Waals surface area contributed by atoms with Crippen molar-refractivity contribution in [2.75, 3.05) is 0 Å². The van der Waals surface area contributed by atoms with Crippen LogP contribution >= 0.6 is 23.2 Å². The maximum atomic E-state index is 11.9. The molecule has 1 aromatic carbocycles. The molecule has 1 aliphatic carbocycles. The molecule has 0 heterocycles. The van der Waals surface area contributed by atoms with E-state index in [9.17, 15) is 4.79 Å². The van der Waals surface area contributed by atoms with Crippen LogP contribution in [-0.2, 0) is 16.1 Å². The van der Waals surface area contributed by atoms with E-state index in [1.54, 1.807) is 6.92 Å². The minimum Gasteiger partial charge on any atom is -0.460 e. The van der Waals surface area contributed by atoms with E-state index in [0.29, 0.717) is 6.42 Å². The summed E-state index contributed by atoms with van der Waals surface area (Å²) in [7, 11) is 0. The first kappa shape index (κ1) is 13.7. The Labute approximate surface area is 117 Å². The van der Waals surface area contributed by atoms with Crippen LogP contribution in [0.2, 0.25) is 0 Å². The number of aryl methyl sites for hydroxylation is 2. The van der Waals surface area contributed by atoms with Gasteiger partial charge in [0.25, 0.3) is 0 Å². The van der Waals surface area contributed by atoms with Crippen molar-refractivity contribution in [1.82, 2.24) is 0 Å². The normalized spacial score (nSPS) is 24.7. The molecule has 1 aliphatic rings. The number of hydrogen-bond acceptors (Lipinski definition) is 2. The number of alkyl halides is 2. The third kappa shape index (κ3) is 2.50. The summed E-state index contributed by atoms with van der Waals surface area (Å²) in [4.78, 5) is 11.9. The van der Waals surface area contributed by atoms with E-state index in [2.05, 4.69) is 6.07 Å². The predicted octanol–water partition coefficient (Wildman–Crippen LogP) is 3.93. The van der Waals surface area contributed by atoms with Gasteiger partial charge in [-0.1, -0.05) is 29.3 Å². The van der Waals surface area contributed by atoms with Gasteiger partial charge in [0, 0.05) is 6.42 Å². The molecule has 0 spiro atoms. The number of esters is 1.